The molecule has 0 aromatic carbocycles. The van der Waals surface area contributed by atoms with Crippen LogP contribution in [0.4, 0.5) is 0 Å². The number of hydrogen-bond acceptors (Lipinski definition) is 4. The van der Waals surface area contributed by atoms with Crippen molar-refractivity contribution in [3.8, 4) is 0 Å². The zero-order chi connectivity index (χ0) is 13.0. The van der Waals surface area contributed by atoms with Crippen LogP contribution < -0.4 is 0 Å². The molecule has 1 aliphatic rings. The first-order valence-electron chi connectivity index (χ1n) is 6.08. The third-order valence-corrected chi connectivity index (χ3v) is 4.93. The van der Waals surface area contributed by atoms with Crippen LogP contribution in [0.2, 0.25) is 0 Å². The number of hydrogen-bond donors (Lipinski definition) is 1. The molecule has 1 fully saturated rings. The Labute approximate surface area is 119 Å². The summed E-state index contributed by atoms with van der Waals surface area (Å²) in [5.74, 6) is 0.114. The number of thiophene rings is 1. The molecule has 4 nitrogen and oxygen atoms in total. The van der Waals surface area contributed by atoms with Gasteiger partial charge in [0, 0.05) is 30.7 Å². The number of carbonyl (C=O) groups excluding carboxylic acids is 1. The lowest BCUT2D eigenvalue weighted by Crippen LogP contribution is -2.35. The van der Waals surface area contributed by atoms with Gasteiger partial charge >= 0.3 is 0 Å². The van der Waals surface area contributed by atoms with Crippen LogP contribution in [-0.4, -0.2) is 60.1 Å². The molecule has 2 rings (SSSR count). The van der Waals surface area contributed by atoms with E-state index in [2.05, 4.69) is 20.8 Å². The number of carbonyl (C=O) groups is 1. The topological polar surface area (TPSA) is 43.8 Å². The standard InChI is InChI=1S/C12H17BrN2O2S/c13-10-2-9-18-11(10)12(17)15-4-1-3-14(5-6-15)7-8-16/h2,9,16H,1,3-8H2. The van der Waals surface area contributed by atoms with Gasteiger partial charge in [0.25, 0.3) is 5.91 Å². The van der Waals surface area contributed by atoms with Gasteiger partial charge in [-0.25, -0.2) is 0 Å². The van der Waals surface area contributed by atoms with Crippen molar-refractivity contribution >= 4 is 33.2 Å². The molecule has 0 unspecified atom stereocenters. The molecular weight excluding hydrogens is 316 g/mol. The summed E-state index contributed by atoms with van der Waals surface area (Å²) in [4.78, 5) is 17.2. The van der Waals surface area contributed by atoms with Crippen LogP contribution >= 0.6 is 27.3 Å². The predicted octanol–water partition coefficient (Wildman–Crippen LogP) is 1.65. The van der Waals surface area contributed by atoms with Crippen LogP contribution in [0.1, 0.15) is 16.1 Å². The van der Waals surface area contributed by atoms with Crippen molar-refractivity contribution in [3.63, 3.8) is 0 Å². The van der Waals surface area contributed by atoms with Gasteiger partial charge in [0.1, 0.15) is 4.88 Å². The fourth-order valence-electron chi connectivity index (χ4n) is 2.13. The Hall–Kier alpha value is -0.430. The van der Waals surface area contributed by atoms with Gasteiger partial charge in [-0.3, -0.25) is 9.69 Å². The molecule has 0 bridgehead atoms. The Morgan fingerprint density at radius 1 is 1.39 bits per heavy atom. The number of halogens is 1. The van der Waals surface area contributed by atoms with Crippen molar-refractivity contribution in [2.24, 2.45) is 0 Å². The number of rotatable bonds is 3. The highest BCUT2D eigenvalue weighted by Crippen LogP contribution is 2.24. The van der Waals surface area contributed by atoms with Crippen LogP contribution in [0, 0.1) is 0 Å². The van der Waals surface area contributed by atoms with Gasteiger partial charge in [0.2, 0.25) is 0 Å². The normalized spacial score (nSPS) is 17.8. The minimum atomic E-state index is 0.114. The van der Waals surface area contributed by atoms with Gasteiger partial charge in [-0.15, -0.1) is 11.3 Å². The van der Waals surface area contributed by atoms with Gasteiger partial charge in [-0.1, -0.05) is 0 Å². The summed E-state index contributed by atoms with van der Waals surface area (Å²) in [6, 6.07) is 1.91. The fourth-order valence-corrected chi connectivity index (χ4v) is 3.64. The van der Waals surface area contributed by atoms with E-state index in [4.69, 9.17) is 5.11 Å². The maximum atomic E-state index is 12.3. The van der Waals surface area contributed by atoms with E-state index in [1.807, 2.05) is 16.3 Å². The Balaban J connectivity index is 1.98. The summed E-state index contributed by atoms with van der Waals surface area (Å²) in [6.07, 6.45) is 0.967. The first kappa shape index (κ1) is 14.0. The van der Waals surface area contributed by atoms with Gasteiger partial charge in [-0.05, 0) is 40.3 Å². The maximum absolute atomic E-state index is 12.3. The zero-order valence-electron chi connectivity index (χ0n) is 10.1. The fraction of sp³-hybridized carbons (Fsp3) is 0.583. The van der Waals surface area contributed by atoms with Crippen LogP contribution in [0.25, 0.3) is 0 Å². The van der Waals surface area contributed by atoms with Crippen LogP contribution in [0.3, 0.4) is 0 Å². The van der Waals surface area contributed by atoms with E-state index >= 15 is 0 Å². The summed E-state index contributed by atoms with van der Waals surface area (Å²) in [5.41, 5.74) is 0. The second-order valence-corrected chi connectivity index (χ2v) is 6.08. The highest BCUT2D eigenvalue weighted by atomic mass is 79.9. The summed E-state index contributed by atoms with van der Waals surface area (Å²) in [7, 11) is 0. The molecule has 6 heteroatoms. The Bertz CT molecular complexity index is 411. The Kier molecular flexibility index (Phi) is 5.17. The van der Waals surface area contributed by atoms with Crippen LogP contribution in [0.5, 0.6) is 0 Å². The number of β-amino-alcohol motifs (C(OH)–C–C–N with tert-alkyl or cyclic N) is 1. The lowest BCUT2D eigenvalue weighted by Gasteiger charge is -2.21. The molecule has 1 aliphatic heterocycles. The van der Waals surface area contributed by atoms with E-state index in [0.717, 1.165) is 41.9 Å². The second-order valence-electron chi connectivity index (χ2n) is 4.31. The molecule has 1 saturated heterocycles. The van der Waals surface area contributed by atoms with Crippen molar-refractivity contribution in [2.45, 2.75) is 6.42 Å². The molecule has 18 heavy (non-hydrogen) atoms. The largest absolute Gasteiger partial charge is 0.395 e. The maximum Gasteiger partial charge on any atom is 0.265 e. The van der Waals surface area contributed by atoms with Crippen molar-refractivity contribution in [2.75, 3.05) is 39.3 Å². The summed E-state index contributed by atoms with van der Waals surface area (Å²) in [6.45, 7) is 4.22. The zero-order valence-corrected chi connectivity index (χ0v) is 12.5. The number of aliphatic hydroxyl groups excluding tert-OH is 1. The van der Waals surface area contributed by atoms with E-state index in [0.29, 0.717) is 6.54 Å². The third-order valence-electron chi connectivity index (χ3n) is 3.10. The van der Waals surface area contributed by atoms with E-state index in [1.165, 1.54) is 11.3 Å². The van der Waals surface area contributed by atoms with Crippen LogP contribution in [-0.2, 0) is 0 Å². The summed E-state index contributed by atoms with van der Waals surface area (Å²) < 4.78 is 0.883. The molecular formula is C12H17BrN2O2S. The number of aliphatic hydroxyl groups is 1. The van der Waals surface area contributed by atoms with Gasteiger partial charge in [0.05, 0.1) is 6.61 Å². The van der Waals surface area contributed by atoms with Crippen molar-refractivity contribution in [1.29, 1.82) is 0 Å². The van der Waals surface area contributed by atoms with Gasteiger partial charge < -0.3 is 10.0 Å². The summed E-state index contributed by atoms with van der Waals surface area (Å²) >= 11 is 4.89. The third kappa shape index (κ3) is 3.32. The van der Waals surface area contributed by atoms with E-state index in [-0.39, 0.29) is 12.5 Å². The molecule has 0 saturated carbocycles. The van der Waals surface area contributed by atoms with Crippen LogP contribution in [0.15, 0.2) is 15.9 Å². The quantitative estimate of drug-likeness (QED) is 0.915. The van der Waals surface area contributed by atoms with E-state index < -0.39 is 0 Å². The number of nitrogens with zero attached hydrogens (tertiary/aromatic N) is 2. The molecule has 0 radical (unpaired) electrons. The molecule has 100 valence electrons. The Morgan fingerprint density at radius 2 is 2.22 bits per heavy atom. The second kappa shape index (κ2) is 6.65. The lowest BCUT2D eigenvalue weighted by atomic mass is 10.3. The smallest absolute Gasteiger partial charge is 0.265 e. The first-order valence-corrected chi connectivity index (χ1v) is 7.75. The van der Waals surface area contributed by atoms with Crippen molar-refractivity contribution in [1.82, 2.24) is 9.80 Å². The predicted molar refractivity (Wildman–Crippen MR) is 76.1 cm³/mol. The SMILES string of the molecule is O=C(c1sccc1Br)N1CCCN(CCO)CC1. The number of amides is 1. The molecule has 0 atom stereocenters. The van der Waals surface area contributed by atoms with Gasteiger partial charge in [0.15, 0.2) is 0 Å². The molecule has 2 heterocycles. The van der Waals surface area contributed by atoms with E-state index in [1.54, 1.807) is 0 Å². The molecule has 1 amide bonds. The van der Waals surface area contributed by atoms with E-state index in [9.17, 15) is 4.79 Å². The lowest BCUT2D eigenvalue weighted by molar-refractivity contribution is 0.0764. The highest BCUT2D eigenvalue weighted by molar-refractivity contribution is 9.10. The molecule has 1 N–H and O–H groups in total. The Morgan fingerprint density at radius 3 is 2.89 bits per heavy atom. The molecule has 0 spiro atoms. The minimum absolute atomic E-state index is 0.114. The first-order chi connectivity index (χ1) is 8.72. The summed E-state index contributed by atoms with van der Waals surface area (Å²) in [5, 5.41) is 10.9. The van der Waals surface area contributed by atoms with Crippen molar-refractivity contribution < 1.29 is 9.90 Å². The average Bonchev–Trinajstić information content (AvgIpc) is 2.64. The monoisotopic (exact) mass is 332 g/mol. The molecule has 0 aliphatic carbocycles. The highest BCUT2D eigenvalue weighted by Gasteiger charge is 2.22. The molecule has 1 aromatic heterocycles. The van der Waals surface area contributed by atoms with Gasteiger partial charge in [-0.2, -0.15) is 0 Å². The average molecular weight is 333 g/mol. The minimum Gasteiger partial charge on any atom is -0.395 e. The van der Waals surface area contributed by atoms with Crippen molar-refractivity contribution in [3.05, 3.63) is 20.8 Å². The molecule has 1 aromatic rings.